The van der Waals surface area contributed by atoms with Crippen molar-refractivity contribution in [2.45, 2.75) is 12.8 Å². The largest absolute Gasteiger partial charge is 0.361 e. The van der Waals surface area contributed by atoms with Crippen LogP contribution in [0.1, 0.15) is 22.5 Å². The summed E-state index contributed by atoms with van der Waals surface area (Å²) in [6.07, 6.45) is 2.31. The zero-order valence-electron chi connectivity index (χ0n) is 12.0. The summed E-state index contributed by atoms with van der Waals surface area (Å²) in [5, 5.41) is 4.27. The molecule has 0 amide bonds. The summed E-state index contributed by atoms with van der Waals surface area (Å²) in [7, 11) is 0. The van der Waals surface area contributed by atoms with Crippen molar-refractivity contribution in [1.29, 1.82) is 0 Å². The van der Waals surface area contributed by atoms with E-state index in [0.717, 1.165) is 15.7 Å². The van der Waals surface area contributed by atoms with Gasteiger partial charge in [0, 0.05) is 35.1 Å². The van der Waals surface area contributed by atoms with Gasteiger partial charge in [-0.05, 0) is 24.3 Å². The predicted molar refractivity (Wildman–Crippen MR) is 91.5 cm³/mol. The highest BCUT2D eigenvalue weighted by Gasteiger charge is 2.13. The fraction of sp³-hybridized carbons (Fsp3) is 0.118. The molecule has 0 radical (unpaired) electrons. The molecule has 0 aliphatic carbocycles. The van der Waals surface area contributed by atoms with E-state index in [1.165, 1.54) is 0 Å². The lowest BCUT2D eigenvalue weighted by molar-refractivity contribution is 0.0980. The fourth-order valence-electron chi connectivity index (χ4n) is 2.15. The summed E-state index contributed by atoms with van der Waals surface area (Å²) in [5.74, 6) is 0.598. The number of carbonyl (C=O) groups excluding carboxylic acids is 1. The van der Waals surface area contributed by atoms with Gasteiger partial charge >= 0.3 is 0 Å². The average molecular weight is 392 g/mol. The molecule has 6 heteroatoms. The summed E-state index contributed by atoms with van der Waals surface area (Å²) in [5.41, 5.74) is 2.14. The monoisotopic (exact) mass is 390 g/mol. The second kappa shape index (κ2) is 7.06. The first kappa shape index (κ1) is 15.9. The molecule has 0 fully saturated rings. The van der Waals surface area contributed by atoms with Crippen molar-refractivity contribution in [2.75, 3.05) is 0 Å². The van der Waals surface area contributed by atoms with Crippen molar-refractivity contribution < 1.29 is 9.32 Å². The van der Waals surface area contributed by atoms with E-state index < -0.39 is 0 Å². The van der Waals surface area contributed by atoms with Crippen LogP contribution in [0, 0.1) is 0 Å². The van der Waals surface area contributed by atoms with E-state index in [0.29, 0.717) is 24.2 Å². The lowest BCUT2D eigenvalue weighted by Crippen LogP contribution is -2.02. The third-order valence-electron chi connectivity index (χ3n) is 3.36. The third-order valence-corrected chi connectivity index (χ3v) is 4.19. The summed E-state index contributed by atoms with van der Waals surface area (Å²) >= 11 is 9.32. The third kappa shape index (κ3) is 3.86. The van der Waals surface area contributed by atoms with E-state index in [2.05, 4.69) is 26.1 Å². The molecule has 4 nitrogen and oxygen atoms in total. The maximum Gasteiger partial charge on any atom is 0.166 e. The Morgan fingerprint density at radius 3 is 2.74 bits per heavy atom. The molecule has 0 bridgehead atoms. The lowest BCUT2D eigenvalue weighted by Gasteiger charge is -2.00. The number of Topliss-reactive ketones (excluding diaryl/α,β-unsaturated/α-hetero) is 1. The number of hydrogen-bond donors (Lipinski definition) is 0. The molecular weight excluding hydrogens is 380 g/mol. The molecule has 0 saturated heterocycles. The minimum Gasteiger partial charge on any atom is -0.361 e. The maximum absolute atomic E-state index is 12.2. The standard InChI is InChI=1S/C17H12BrClN2O2/c18-12-5-3-11(4-6-12)15-10-13(23-21-15)7-8-16(22)14-2-1-9-20-17(14)19/h1-6,9-10H,7-8H2. The van der Waals surface area contributed by atoms with Gasteiger partial charge in [-0.3, -0.25) is 4.79 Å². The van der Waals surface area contributed by atoms with E-state index in [-0.39, 0.29) is 10.9 Å². The zero-order chi connectivity index (χ0) is 16.2. The van der Waals surface area contributed by atoms with Crippen LogP contribution in [0.4, 0.5) is 0 Å². The van der Waals surface area contributed by atoms with Crippen LogP contribution in [0.25, 0.3) is 11.3 Å². The van der Waals surface area contributed by atoms with Crippen molar-refractivity contribution >= 4 is 33.3 Å². The summed E-state index contributed by atoms with van der Waals surface area (Å²) in [6, 6.07) is 13.0. The van der Waals surface area contributed by atoms with Gasteiger partial charge in [0.1, 0.15) is 16.6 Å². The zero-order valence-corrected chi connectivity index (χ0v) is 14.3. The molecule has 3 rings (SSSR count). The van der Waals surface area contributed by atoms with Gasteiger partial charge in [0.2, 0.25) is 0 Å². The van der Waals surface area contributed by atoms with Crippen LogP contribution in [-0.4, -0.2) is 15.9 Å². The first-order valence-corrected chi connectivity index (χ1v) is 8.16. The highest BCUT2D eigenvalue weighted by molar-refractivity contribution is 9.10. The first-order chi connectivity index (χ1) is 11.1. The van der Waals surface area contributed by atoms with Gasteiger partial charge in [0.15, 0.2) is 5.78 Å². The smallest absolute Gasteiger partial charge is 0.166 e. The quantitative estimate of drug-likeness (QED) is 0.455. The van der Waals surface area contributed by atoms with Crippen LogP contribution in [0.3, 0.4) is 0 Å². The van der Waals surface area contributed by atoms with Gasteiger partial charge in [-0.2, -0.15) is 0 Å². The predicted octanol–water partition coefficient (Wildman–Crippen LogP) is 4.97. The molecule has 0 atom stereocenters. The Morgan fingerprint density at radius 1 is 1.22 bits per heavy atom. The molecule has 0 N–H and O–H groups in total. The fourth-order valence-corrected chi connectivity index (χ4v) is 2.64. The number of halogens is 2. The topological polar surface area (TPSA) is 56.0 Å². The number of nitrogens with zero attached hydrogens (tertiary/aromatic N) is 2. The van der Waals surface area contributed by atoms with Crippen LogP contribution in [-0.2, 0) is 6.42 Å². The second-order valence-electron chi connectivity index (χ2n) is 4.95. The minimum absolute atomic E-state index is 0.0651. The Hall–Kier alpha value is -1.98. The number of benzene rings is 1. The van der Waals surface area contributed by atoms with Gasteiger partial charge in [-0.25, -0.2) is 4.98 Å². The number of ketones is 1. The SMILES string of the molecule is O=C(CCc1cc(-c2ccc(Br)cc2)no1)c1cccnc1Cl. The van der Waals surface area contributed by atoms with Crippen LogP contribution >= 0.6 is 27.5 Å². The van der Waals surface area contributed by atoms with E-state index in [4.69, 9.17) is 16.1 Å². The van der Waals surface area contributed by atoms with Gasteiger partial charge in [0.25, 0.3) is 0 Å². The van der Waals surface area contributed by atoms with E-state index in [1.807, 2.05) is 30.3 Å². The molecule has 0 aliphatic rings. The maximum atomic E-state index is 12.2. The number of pyridine rings is 1. The van der Waals surface area contributed by atoms with Gasteiger partial charge in [0.05, 0.1) is 5.56 Å². The van der Waals surface area contributed by atoms with Crippen LogP contribution in [0.2, 0.25) is 5.15 Å². The molecule has 3 aromatic rings. The van der Waals surface area contributed by atoms with Gasteiger partial charge < -0.3 is 4.52 Å². The summed E-state index contributed by atoms with van der Waals surface area (Å²) in [4.78, 5) is 16.1. The van der Waals surface area contributed by atoms with Crippen molar-refractivity contribution in [3.63, 3.8) is 0 Å². The summed E-state index contributed by atoms with van der Waals surface area (Å²) in [6.45, 7) is 0. The van der Waals surface area contributed by atoms with Gasteiger partial charge in [-0.15, -0.1) is 0 Å². The Balaban J connectivity index is 1.67. The molecule has 0 aliphatic heterocycles. The minimum atomic E-state index is -0.0651. The van der Waals surface area contributed by atoms with Crippen molar-refractivity contribution in [3.05, 3.63) is 69.6 Å². The molecule has 23 heavy (non-hydrogen) atoms. The molecule has 0 unspecified atom stereocenters. The van der Waals surface area contributed by atoms with Crippen LogP contribution in [0.5, 0.6) is 0 Å². The molecule has 1 aromatic carbocycles. The Morgan fingerprint density at radius 2 is 2.00 bits per heavy atom. The lowest BCUT2D eigenvalue weighted by atomic mass is 10.1. The second-order valence-corrected chi connectivity index (χ2v) is 6.22. The Bertz CT molecular complexity index is 831. The molecular formula is C17H12BrClN2O2. The van der Waals surface area contributed by atoms with Crippen molar-refractivity contribution in [3.8, 4) is 11.3 Å². The van der Waals surface area contributed by atoms with Crippen LogP contribution < -0.4 is 0 Å². The molecule has 2 heterocycles. The number of aryl methyl sites for hydroxylation is 1. The highest BCUT2D eigenvalue weighted by Crippen LogP contribution is 2.22. The number of carbonyl (C=O) groups is 1. The molecule has 2 aromatic heterocycles. The number of rotatable bonds is 5. The van der Waals surface area contributed by atoms with Crippen molar-refractivity contribution in [1.82, 2.24) is 10.1 Å². The van der Waals surface area contributed by atoms with E-state index in [1.54, 1.807) is 18.3 Å². The molecule has 0 spiro atoms. The average Bonchev–Trinajstić information content (AvgIpc) is 3.03. The van der Waals surface area contributed by atoms with Crippen molar-refractivity contribution in [2.24, 2.45) is 0 Å². The first-order valence-electron chi connectivity index (χ1n) is 6.99. The Labute approximate surface area is 146 Å². The van der Waals surface area contributed by atoms with E-state index in [9.17, 15) is 4.79 Å². The number of hydrogen-bond acceptors (Lipinski definition) is 4. The highest BCUT2D eigenvalue weighted by atomic mass is 79.9. The normalized spacial score (nSPS) is 10.7. The van der Waals surface area contributed by atoms with Crippen LogP contribution in [0.15, 0.2) is 57.7 Å². The van der Waals surface area contributed by atoms with Gasteiger partial charge in [-0.1, -0.05) is 44.8 Å². The van der Waals surface area contributed by atoms with E-state index >= 15 is 0 Å². The Kier molecular flexibility index (Phi) is 4.88. The molecule has 0 saturated carbocycles. The number of aromatic nitrogens is 2. The summed E-state index contributed by atoms with van der Waals surface area (Å²) < 4.78 is 6.31. The molecule has 116 valence electrons.